The van der Waals surface area contributed by atoms with E-state index in [9.17, 15) is 4.79 Å². The van der Waals surface area contributed by atoms with Crippen LogP contribution in [-0.4, -0.2) is 47.3 Å². The van der Waals surface area contributed by atoms with Gasteiger partial charge in [0.05, 0.1) is 5.92 Å². The zero-order chi connectivity index (χ0) is 15.6. The number of amides is 1. The highest BCUT2D eigenvalue weighted by molar-refractivity contribution is 5.79. The van der Waals surface area contributed by atoms with Crippen LogP contribution >= 0.6 is 0 Å². The Labute approximate surface area is 136 Å². The van der Waals surface area contributed by atoms with Crippen LogP contribution < -0.4 is 0 Å². The number of hydrogen-bond donors (Lipinski definition) is 0. The topological polar surface area (TPSA) is 68.5 Å². The molecular weight excluding hydrogens is 294 g/mol. The first-order chi connectivity index (χ1) is 11.3. The van der Waals surface area contributed by atoms with Crippen LogP contribution in [0.5, 0.6) is 0 Å². The minimum absolute atomic E-state index is 0.203. The molecule has 3 fully saturated rings. The van der Waals surface area contributed by atoms with Gasteiger partial charge in [-0.3, -0.25) is 4.79 Å². The van der Waals surface area contributed by atoms with Crippen molar-refractivity contribution in [2.45, 2.75) is 56.8 Å². The molecule has 2 aliphatic heterocycles. The Kier molecular flexibility index (Phi) is 4.33. The normalized spacial score (nSPS) is 27.0. The molecule has 1 atom stereocenters. The SMILES string of the molecule is O=C(C1CCC1)N1CCCC(c2nc(C3CCOCC3)no2)C1. The molecule has 1 unspecified atom stereocenters. The Morgan fingerprint density at radius 1 is 1.04 bits per heavy atom. The van der Waals surface area contributed by atoms with Crippen molar-refractivity contribution in [3.8, 4) is 0 Å². The molecule has 23 heavy (non-hydrogen) atoms. The molecule has 0 aromatic carbocycles. The molecule has 1 aliphatic carbocycles. The van der Waals surface area contributed by atoms with Crippen molar-refractivity contribution in [1.29, 1.82) is 0 Å². The largest absolute Gasteiger partial charge is 0.381 e. The fourth-order valence-electron chi connectivity index (χ4n) is 3.83. The van der Waals surface area contributed by atoms with E-state index in [1.807, 2.05) is 4.90 Å². The fraction of sp³-hybridized carbons (Fsp3) is 0.824. The van der Waals surface area contributed by atoms with Crippen molar-refractivity contribution in [2.75, 3.05) is 26.3 Å². The number of carbonyl (C=O) groups is 1. The van der Waals surface area contributed by atoms with Crippen molar-refractivity contribution in [3.05, 3.63) is 11.7 Å². The molecule has 126 valence electrons. The summed E-state index contributed by atoms with van der Waals surface area (Å²) in [5.41, 5.74) is 0. The molecule has 2 saturated heterocycles. The molecule has 1 aromatic heterocycles. The van der Waals surface area contributed by atoms with E-state index in [0.717, 1.165) is 76.5 Å². The van der Waals surface area contributed by atoms with Gasteiger partial charge in [-0.15, -0.1) is 0 Å². The molecule has 6 nitrogen and oxygen atoms in total. The van der Waals surface area contributed by atoms with E-state index in [2.05, 4.69) is 10.1 Å². The average molecular weight is 319 g/mol. The van der Waals surface area contributed by atoms with Gasteiger partial charge in [-0.25, -0.2) is 0 Å². The van der Waals surface area contributed by atoms with Gasteiger partial charge in [0.15, 0.2) is 5.82 Å². The Bertz CT molecular complexity index is 549. The maximum absolute atomic E-state index is 12.5. The Morgan fingerprint density at radius 3 is 2.61 bits per heavy atom. The van der Waals surface area contributed by atoms with E-state index in [1.165, 1.54) is 6.42 Å². The molecule has 3 heterocycles. The second-order valence-corrected chi connectivity index (χ2v) is 7.13. The van der Waals surface area contributed by atoms with E-state index in [4.69, 9.17) is 9.26 Å². The number of aromatic nitrogens is 2. The zero-order valence-corrected chi connectivity index (χ0v) is 13.6. The van der Waals surface area contributed by atoms with E-state index in [0.29, 0.717) is 11.8 Å². The van der Waals surface area contributed by atoms with Crippen molar-refractivity contribution in [2.24, 2.45) is 5.92 Å². The number of likely N-dealkylation sites (tertiary alicyclic amines) is 1. The van der Waals surface area contributed by atoms with Gasteiger partial charge in [-0.1, -0.05) is 11.6 Å². The van der Waals surface area contributed by atoms with Crippen LogP contribution in [0.15, 0.2) is 4.52 Å². The summed E-state index contributed by atoms with van der Waals surface area (Å²) >= 11 is 0. The predicted octanol–water partition coefficient (Wildman–Crippen LogP) is 2.47. The van der Waals surface area contributed by atoms with Gasteiger partial charge < -0.3 is 14.2 Å². The first-order valence-electron chi connectivity index (χ1n) is 9.01. The van der Waals surface area contributed by atoms with Crippen molar-refractivity contribution in [1.82, 2.24) is 15.0 Å². The van der Waals surface area contributed by atoms with Gasteiger partial charge in [-0.05, 0) is 38.5 Å². The van der Waals surface area contributed by atoms with E-state index >= 15 is 0 Å². The van der Waals surface area contributed by atoms with Gasteiger partial charge in [0.25, 0.3) is 0 Å². The van der Waals surface area contributed by atoms with Crippen LogP contribution in [-0.2, 0) is 9.53 Å². The predicted molar refractivity (Wildman–Crippen MR) is 83.0 cm³/mol. The van der Waals surface area contributed by atoms with Crippen LogP contribution in [0.3, 0.4) is 0 Å². The second-order valence-electron chi connectivity index (χ2n) is 7.13. The molecule has 6 heteroatoms. The van der Waals surface area contributed by atoms with Gasteiger partial charge >= 0.3 is 0 Å². The van der Waals surface area contributed by atoms with Crippen LogP contribution in [0.4, 0.5) is 0 Å². The highest BCUT2D eigenvalue weighted by Crippen LogP contribution is 2.33. The molecule has 3 aliphatic rings. The summed E-state index contributed by atoms with van der Waals surface area (Å²) in [6.07, 6.45) is 7.32. The van der Waals surface area contributed by atoms with Crippen LogP contribution in [0, 0.1) is 5.92 Å². The lowest BCUT2D eigenvalue weighted by Gasteiger charge is -2.36. The summed E-state index contributed by atoms with van der Waals surface area (Å²) in [6, 6.07) is 0. The molecule has 0 N–H and O–H groups in total. The molecule has 0 bridgehead atoms. The zero-order valence-electron chi connectivity index (χ0n) is 13.6. The number of nitrogens with zero attached hydrogens (tertiary/aromatic N) is 3. The summed E-state index contributed by atoms with van der Waals surface area (Å²) in [6.45, 7) is 3.18. The molecular formula is C17H25N3O3. The highest BCUT2D eigenvalue weighted by atomic mass is 16.5. The average Bonchev–Trinajstić information content (AvgIpc) is 3.04. The number of carbonyl (C=O) groups excluding carboxylic acids is 1. The van der Waals surface area contributed by atoms with Crippen LogP contribution in [0.25, 0.3) is 0 Å². The minimum Gasteiger partial charge on any atom is -0.381 e. The fourth-order valence-corrected chi connectivity index (χ4v) is 3.83. The third-order valence-corrected chi connectivity index (χ3v) is 5.58. The first kappa shape index (κ1) is 15.1. The monoisotopic (exact) mass is 319 g/mol. The molecule has 1 saturated carbocycles. The summed E-state index contributed by atoms with van der Waals surface area (Å²) in [5.74, 6) is 2.72. The number of hydrogen-bond acceptors (Lipinski definition) is 5. The number of piperidine rings is 1. The minimum atomic E-state index is 0.203. The molecule has 0 spiro atoms. The number of rotatable bonds is 3. The summed E-state index contributed by atoms with van der Waals surface area (Å²) in [5, 5.41) is 4.20. The van der Waals surface area contributed by atoms with Gasteiger partial charge in [0.1, 0.15) is 0 Å². The second kappa shape index (κ2) is 6.59. The maximum atomic E-state index is 12.5. The van der Waals surface area contributed by atoms with E-state index in [-0.39, 0.29) is 11.8 Å². The van der Waals surface area contributed by atoms with E-state index < -0.39 is 0 Å². The smallest absolute Gasteiger partial charge is 0.231 e. The van der Waals surface area contributed by atoms with Gasteiger partial charge in [0, 0.05) is 38.1 Å². The summed E-state index contributed by atoms with van der Waals surface area (Å²) in [7, 11) is 0. The van der Waals surface area contributed by atoms with E-state index in [1.54, 1.807) is 0 Å². The molecule has 4 rings (SSSR count). The lowest BCUT2D eigenvalue weighted by Crippen LogP contribution is -2.44. The quantitative estimate of drug-likeness (QED) is 0.856. The number of ether oxygens (including phenoxy) is 1. The van der Waals surface area contributed by atoms with Crippen LogP contribution in [0.2, 0.25) is 0 Å². The Hall–Kier alpha value is -1.43. The van der Waals surface area contributed by atoms with Gasteiger partial charge in [0.2, 0.25) is 11.8 Å². The third kappa shape index (κ3) is 3.13. The van der Waals surface area contributed by atoms with Crippen molar-refractivity contribution >= 4 is 5.91 Å². The van der Waals surface area contributed by atoms with Crippen molar-refractivity contribution < 1.29 is 14.1 Å². The summed E-state index contributed by atoms with van der Waals surface area (Å²) in [4.78, 5) is 19.1. The maximum Gasteiger partial charge on any atom is 0.231 e. The van der Waals surface area contributed by atoms with Gasteiger partial charge in [-0.2, -0.15) is 4.98 Å². The lowest BCUT2D eigenvalue weighted by atomic mass is 9.83. The molecule has 1 aromatic rings. The summed E-state index contributed by atoms with van der Waals surface area (Å²) < 4.78 is 10.9. The lowest BCUT2D eigenvalue weighted by molar-refractivity contribution is -0.139. The first-order valence-corrected chi connectivity index (χ1v) is 9.01. The third-order valence-electron chi connectivity index (χ3n) is 5.58. The Balaban J connectivity index is 1.41. The molecule has 0 radical (unpaired) electrons. The van der Waals surface area contributed by atoms with Crippen molar-refractivity contribution in [3.63, 3.8) is 0 Å². The molecule has 1 amide bonds. The highest BCUT2D eigenvalue weighted by Gasteiger charge is 2.34. The Morgan fingerprint density at radius 2 is 1.87 bits per heavy atom. The van der Waals surface area contributed by atoms with Crippen LogP contribution in [0.1, 0.15) is 68.5 Å². The standard InChI is InChI=1S/C17H25N3O3/c21-17(13-3-1-4-13)20-8-2-5-14(11-20)16-18-15(19-23-16)12-6-9-22-10-7-12/h12-14H,1-11H2.